The van der Waals surface area contributed by atoms with Crippen molar-refractivity contribution in [1.82, 2.24) is 0 Å². The number of hydrogen-bond donors (Lipinski definition) is 0. The van der Waals surface area contributed by atoms with E-state index >= 15 is 0 Å². The second kappa shape index (κ2) is 7.16. The van der Waals surface area contributed by atoms with Crippen molar-refractivity contribution in [3.63, 3.8) is 0 Å². The molecule has 28 heavy (non-hydrogen) atoms. The van der Waals surface area contributed by atoms with Crippen molar-refractivity contribution in [3.05, 3.63) is 12.7 Å². The van der Waals surface area contributed by atoms with E-state index < -0.39 is 11.7 Å². The minimum atomic E-state index is -0.590. The van der Waals surface area contributed by atoms with E-state index in [4.69, 9.17) is 14.2 Å². The Morgan fingerprint density at radius 1 is 1.07 bits per heavy atom. The molecule has 0 N–H and O–H groups in total. The molecular weight excluding hydrogens is 356 g/mol. The molecule has 3 atom stereocenters. The van der Waals surface area contributed by atoms with Crippen LogP contribution in [0.2, 0.25) is 0 Å². The molecule has 156 valence electrons. The van der Waals surface area contributed by atoms with E-state index in [-0.39, 0.29) is 23.1 Å². The van der Waals surface area contributed by atoms with Gasteiger partial charge < -0.3 is 14.2 Å². The van der Waals surface area contributed by atoms with Gasteiger partial charge in [0, 0.05) is 12.5 Å². The first-order chi connectivity index (χ1) is 13.3. The van der Waals surface area contributed by atoms with E-state index in [1.807, 2.05) is 6.92 Å². The lowest BCUT2D eigenvalue weighted by atomic mass is 9.52. The zero-order valence-corrected chi connectivity index (χ0v) is 17.3. The monoisotopic (exact) mass is 390 g/mol. The minimum Gasteiger partial charge on any atom is -0.457 e. The van der Waals surface area contributed by atoms with Crippen molar-refractivity contribution < 1.29 is 23.8 Å². The van der Waals surface area contributed by atoms with Crippen LogP contribution >= 0.6 is 0 Å². The average molecular weight is 391 g/mol. The van der Waals surface area contributed by atoms with Crippen LogP contribution in [0.15, 0.2) is 12.7 Å². The normalized spacial score (nSPS) is 38.8. The summed E-state index contributed by atoms with van der Waals surface area (Å²) in [5, 5.41) is 0. The van der Waals surface area contributed by atoms with Crippen LogP contribution in [0.25, 0.3) is 0 Å². The lowest BCUT2D eigenvalue weighted by Gasteiger charge is -2.60. The Kier molecular flexibility index (Phi) is 5.09. The van der Waals surface area contributed by atoms with Crippen LogP contribution < -0.4 is 0 Å². The SMILES string of the molecule is C=CC(=O)OC12CC3CC(C1)CC(OC(C)C(=O)OC1(CC)CCCC1)(C3)C2. The van der Waals surface area contributed by atoms with Crippen molar-refractivity contribution in [2.45, 2.75) is 107 Å². The van der Waals surface area contributed by atoms with Gasteiger partial charge in [0.05, 0.1) is 5.60 Å². The summed E-state index contributed by atoms with van der Waals surface area (Å²) in [6, 6.07) is 0. The Balaban J connectivity index is 1.45. The number of ether oxygens (including phenoxy) is 3. The third-order valence-electron chi connectivity index (χ3n) is 7.67. The smallest absolute Gasteiger partial charge is 0.335 e. The molecule has 0 spiro atoms. The molecule has 5 heteroatoms. The Labute approximate surface area is 168 Å². The first-order valence-corrected chi connectivity index (χ1v) is 11.1. The van der Waals surface area contributed by atoms with E-state index in [0.29, 0.717) is 18.3 Å². The second-order valence-corrected chi connectivity index (χ2v) is 9.88. The molecule has 4 bridgehead atoms. The molecule has 3 unspecified atom stereocenters. The van der Waals surface area contributed by atoms with Gasteiger partial charge in [-0.05, 0) is 83.0 Å². The Morgan fingerprint density at radius 3 is 2.25 bits per heavy atom. The van der Waals surface area contributed by atoms with Crippen molar-refractivity contribution >= 4 is 11.9 Å². The second-order valence-electron chi connectivity index (χ2n) is 9.88. The zero-order chi connectivity index (χ0) is 20.0. The van der Waals surface area contributed by atoms with Gasteiger partial charge in [-0.2, -0.15) is 0 Å². The van der Waals surface area contributed by atoms with E-state index in [2.05, 4.69) is 13.5 Å². The molecule has 0 aromatic carbocycles. The van der Waals surface area contributed by atoms with Gasteiger partial charge in [0.15, 0.2) is 6.10 Å². The number of carbonyl (C=O) groups excluding carboxylic acids is 2. The van der Waals surface area contributed by atoms with Crippen LogP contribution in [0.4, 0.5) is 0 Å². The van der Waals surface area contributed by atoms with Gasteiger partial charge in [-0.1, -0.05) is 13.5 Å². The quantitative estimate of drug-likeness (QED) is 0.474. The number of hydrogen-bond acceptors (Lipinski definition) is 5. The molecule has 0 aromatic heterocycles. The highest BCUT2D eigenvalue weighted by molar-refractivity contribution is 5.81. The highest BCUT2D eigenvalue weighted by Gasteiger charge is 2.61. The lowest BCUT2D eigenvalue weighted by molar-refractivity contribution is -0.246. The number of carbonyl (C=O) groups is 2. The molecule has 5 aliphatic rings. The largest absolute Gasteiger partial charge is 0.457 e. The fourth-order valence-corrected chi connectivity index (χ4v) is 6.87. The summed E-state index contributed by atoms with van der Waals surface area (Å²) < 4.78 is 18.3. The third kappa shape index (κ3) is 3.62. The molecule has 0 radical (unpaired) electrons. The Hall–Kier alpha value is -1.36. The Bertz CT molecular complexity index is 633. The molecule has 0 amide bonds. The van der Waals surface area contributed by atoms with E-state index in [9.17, 15) is 9.59 Å². The van der Waals surface area contributed by atoms with Crippen molar-refractivity contribution in [3.8, 4) is 0 Å². The number of esters is 2. The maximum Gasteiger partial charge on any atom is 0.335 e. The summed E-state index contributed by atoms with van der Waals surface area (Å²) in [5.41, 5.74) is -1.12. The van der Waals surface area contributed by atoms with Crippen LogP contribution in [-0.4, -0.2) is 34.8 Å². The molecule has 5 nitrogen and oxygen atoms in total. The predicted molar refractivity (Wildman–Crippen MR) is 105 cm³/mol. The van der Waals surface area contributed by atoms with Gasteiger partial charge in [-0.15, -0.1) is 0 Å². The van der Waals surface area contributed by atoms with Gasteiger partial charge in [-0.3, -0.25) is 0 Å². The summed E-state index contributed by atoms with van der Waals surface area (Å²) in [6.07, 6.45) is 11.3. The van der Waals surface area contributed by atoms with Crippen LogP contribution in [0, 0.1) is 11.8 Å². The molecule has 0 saturated heterocycles. The van der Waals surface area contributed by atoms with Gasteiger partial charge in [0.1, 0.15) is 11.2 Å². The van der Waals surface area contributed by atoms with Crippen molar-refractivity contribution in [1.29, 1.82) is 0 Å². The predicted octanol–water partition coefficient (Wildman–Crippen LogP) is 4.48. The first kappa shape index (κ1) is 19.9. The topological polar surface area (TPSA) is 61.8 Å². The summed E-state index contributed by atoms with van der Waals surface area (Å²) in [7, 11) is 0. The summed E-state index contributed by atoms with van der Waals surface area (Å²) >= 11 is 0. The third-order valence-corrected chi connectivity index (χ3v) is 7.67. The molecular formula is C23H34O5. The van der Waals surface area contributed by atoms with E-state index in [1.54, 1.807) is 0 Å². The standard InChI is InChI=1S/C23H34O5/c1-4-19(24)27-23-13-17-10-18(14-23)12-22(11-17,15-23)26-16(3)20(25)28-21(5-2)8-6-7-9-21/h4,16-18H,1,5-15H2,2-3H3. The van der Waals surface area contributed by atoms with Crippen molar-refractivity contribution in [2.75, 3.05) is 0 Å². The van der Waals surface area contributed by atoms with Crippen LogP contribution in [0.1, 0.15) is 84.5 Å². The average Bonchev–Trinajstić information content (AvgIpc) is 3.08. The van der Waals surface area contributed by atoms with Crippen LogP contribution in [0.3, 0.4) is 0 Å². The van der Waals surface area contributed by atoms with Crippen molar-refractivity contribution in [2.24, 2.45) is 11.8 Å². The maximum absolute atomic E-state index is 12.8. The van der Waals surface area contributed by atoms with Gasteiger partial charge in [0.25, 0.3) is 0 Å². The molecule has 0 heterocycles. The lowest BCUT2D eigenvalue weighted by Crippen LogP contribution is -2.62. The molecule has 0 aliphatic heterocycles. The van der Waals surface area contributed by atoms with E-state index in [1.165, 1.54) is 12.5 Å². The van der Waals surface area contributed by atoms with Gasteiger partial charge in [0.2, 0.25) is 0 Å². The molecule has 0 aromatic rings. The molecule has 5 rings (SSSR count). The summed E-state index contributed by atoms with van der Waals surface area (Å²) in [5.74, 6) is 0.408. The molecule has 5 fully saturated rings. The highest BCUT2D eigenvalue weighted by atomic mass is 16.6. The van der Waals surface area contributed by atoms with Gasteiger partial charge in [-0.25, -0.2) is 9.59 Å². The maximum atomic E-state index is 12.8. The fraction of sp³-hybridized carbons (Fsp3) is 0.826. The first-order valence-electron chi connectivity index (χ1n) is 11.1. The summed E-state index contributed by atoms with van der Waals surface area (Å²) in [4.78, 5) is 24.8. The van der Waals surface area contributed by atoms with Crippen LogP contribution in [0.5, 0.6) is 0 Å². The number of rotatable bonds is 7. The zero-order valence-electron chi connectivity index (χ0n) is 17.3. The minimum absolute atomic E-state index is 0.239. The Morgan fingerprint density at radius 2 is 1.68 bits per heavy atom. The molecule has 5 saturated carbocycles. The fourth-order valence-electron chi connectivity index (χ4n) is 6.87. The van der Waals surface area contributed by atoms with Gasteiger partial charge >= 0.3 is 11.9 Å². The molecule has 5 aliphatic carbocycles. The highest BCUT2D eigenvalue weighted by Crippen LogP contribution is 2.60. The van der Waals surface area contributed by atoms with E-state index in [0.717, 1.165) is 57.8 Å². The summed E-state index contributed by atoms with van der Waals surface area (Å²) in [6.45, 7) is 7.46. The van der Waals surface area contributed by atoms with Crippen LogP contribution in [-0.2, 0) is 23.8 Å².